The highest BCUT2D eigenvalue weighted by molar-refractivity contribution is 5.18. The van der Waals surface area contributed by atoms with E-state index < -0.39 is 0 Å². The molecule has 5 heteroatoms. The molecule has 2 rings (SSSR count). The van der Waals surface area contributed by atoms with Gasteiger partial charge >= 0.3 is 0 Å². The van der Waals surface area contributed by atoms with E-state index in [1.165, 1.54) is 0 Å². The molecule has 0 radical (unpaired) electrons. The lowest BCUT2D eigenvalue weighted by Crippen LogP contribution is -2.35. The van der Waals surface area contributed by atoms with Gasteiger partial charge in [0.25, 0.3) is 0 Å². The van der Waals surface area contributed by atoms with E-state index in [-0.39, 0.29) is 5.54 Å². The van der Waals surface area contributed by atoms with Gasteiger partial charge in [0.05, 0.1) is 11.9 Å². The fourth-order valence-electron chi connectivity index (χ4n) is 1.35. The second kappa shape index (κ2) is 4.63. The van der Waals surface area contributed by atoms with Gasteiger partial charge in [0.15, 0.2) is 5.82 Å². The highest BCUT2D eigenvalue weighted by Gasteiger charge is 2.09. The zero-order chi connectivity index (χ0) is 12.3. The number of nitrogens with one attached hydrogen (secondary N) is 1. The Balaban J connectivity index is 2.12. The van der Waals surface area contributed by atoms with Crippen LogP contribution in [-0.2, 0) is 6.54 Å². The molecule has 0 bridgehead atoms. The first-order valence-corrected chi connectivity index (χ1v) is 5.60. The first kappa shape index (κ1) is 11.7. The van der Waals surface area contributed by atoms with Crippen molar-refractivity contribution in [2.75, 3.05) is 0 Å². The predicted octanol–water partition coefficient (Wildman–Crippen LogP) is 1.55. The van der Waals surface area contributed by atoms with Crippen LogP contribution in [0.4, 0.5) is 0 Å². The molecule has 5 nitrogen and oxygen atoms in total. The molecular formula is C12H17N5. The maximum Gasteiger partial charge on any atom is 0.172 e. The Morgan fingerprint density at radius 3 is 2.76 bits per heavy atom. The average Bonchev–Trinajstić information content (AvgIpc) is 2.79. The van der Waals surface area contributed by atoms with Crippen LogP contribution in [0.5, 0.6) is 0 Å². The van der Waals surface area contributed by atoms with Gasteiger partial charge in [0.2, 0.25) is 0 Å². The van der Waals surface area contributed by atoms with Gasteiger partial charge < -0.3 is 5.32 Å². The van der Waals surface area contributed by atoms with Crippen molar-refractivity contribution in [2.24, 2.45) is 0 Å². The fraction of sp³-hybridized carbons (Fsp3) is 0.417. The summed E-state index contributed by atoms with van der Waals surface area (Å²) < 4.78 is 1.70. The molecular weight excluding hydrogens is 214 g/mol. The summed E-state index contributed by atoms with van der Waals surface area (Å²) in [5.41, 5.74) is 0.983. The summed E-state index contributed by atoms with van der Waals surface area (Å²) in [7, 11) is 0. The van der Waals surface area contributed by atoms with Crippen molar-refractivity contribution in [1.29, 1.82) is 0 Å². The highest BCUT2D eigenvalue weighted by Crippen LogP contribution is 2.04. The van der Waals surface area contributed by atoms with Gasteiger partial charge in [-0.25, -0.2) is 9.67 Å². The van der Waals surface area contributed by atoms with Crippen LogP contribution in [0.2, 0.25) is 0 Å². The van der Waals surface area contributed by atoms with E-state index in [0.717, 1.165) is 11.5 Å². The highest BCUT2D eigenvalue weighted by atomic mass is 15.3. The van der Waals surface area contributed by atoms with Crippen LogP contribution >= 0.6 is 0 Å². The molecule has 0 unspecified atom stereocenters. The zero-order valence-corrected chi connectivity index (χ0v) is 10.4. The van der Waals surface area contributed by atoms with E-state index in [1.54, 1.807) is 23.3 Å². The minimum Gasteiger partial charge on any atom is -0.306 e. The largest absolute Gasteiger partial charge is 0.306 e. The molecule has 2 aromatic rings. The van der Waals surface area contributed by atoms with E-state index in [1.807, 2.05) is 12.3 Å². The van der Waals surface area contributed by atoms with Gasteiger partial charge in [-0.2, -0.15) is 5.10 Å². The van der Waals surface area contributed by atoms with Crippen molar-refractivity contribution in [3.05, 3.63) is 36.5 Å². The van der Waals surface area contributed by atoms with Gasteiger partial charge in [-0.3, -0.25) is 4.98 Å². The average molecular weight is 231 g/mol. The van der Waals surface area contributed by atoms with Crippen molar-refractivity contribution in [1.82, 2.24) is 25.1 Å². The Kier molecular flexibility index (Phi) is 3.19. The quantitative estimate of drug-likeness (QED) is 0.870. The summed E-state index contributed by atoms with van der Waals surface area (Å²) >= 11 is 0. The van der Waals surface area contributed by atoms with Crippen molar-refractivity contribution in [3.8, 4) is 5.82 Å². The van der Waals surface area contributed by atoms with E-state index in [4.69, 9.17) is 0 Å². The number of aromatic nitrogens is 4. The third-order valence-electron chi connectivity index (χ3n) is 2.21. The molecule has 2 aromatic heterocycles. The molecule has 0 amide bonds. The van der Waals surface area contributed by atoms with Crippen molar-refractivity contribution >= 4 is 0 Å². The van der Waals surface area contributed by atoms with Crippen molar-refractivity contribution < 1.29 is 0 Å². The molecule has 0 saturated carbocycles. The molecule has 0 aliphatic rings. The van der Waals surface area contributed by atoms with Crippen LogP contribution in [0.25, 0.3) is 5.82 Å². The summed E-state index contributed by atoms with van der Waals surface area (Å²) in [6.07, 6.45) is 7.05. The Hall–Kier alpha value is -1.75. The Morgan fingerprint density at radius 1 is 1.29 bits per heavy atom. The van der Waals surface area contributed by atoms with Crippen LogP contribution in [0.1, 0.15) is 26.5 Å². The first-order chi connectivity index (χ1) is 8.04. The number of rotatable bonds is 3. The normalized spacial score (nSPS) is 11.7. The SMILES string of the molecule is CC(C)(C)NCc1cncc(-n2cccn2)n1. The lowest BCUT2D eigenvalue weighted by atomic mass is 10.1. The van der Waals surface area contributed by atoms with Gasteiger partial charge in [-0.15, -0.1) is 0 Å². The van der Waals surface area contributed by atoms with Crippen molar-refractivity contribution in [2.45, 2.75) is 32.9 Å². The molecule has 0 atom stereocenters. The fourth-order valence-corrected chi connectivity index (χ4v) is 1.35. The molecule has 90 valence electrons. The Bertz CT molecular complexity index is 470. The summed E-state index contributed by atoms with van der Waals surface area (Å²) in [5, 5.41) is 7.51. The standard InChI is InChI=1S/C12H17N5/c1-12(2,3)14-8-10-7-13-9-11(16-10)17-6-4-5-15-17/h4-7,9,14H,8H2,1-3H3. The maximum absolute atomic E-state index is 4.49. The molecule has 17 heavy (non-hydrogen) atoms. The van der Waals surface area contributed by atoms with E-state index >= 15 is 0 Å². The molecule has 0 aromatic carbocycles. The molecule has 0 saturated heterocycles. The minimum absolute atomic E-state index is 0.0728. The van der Waals surface area contributed by atoms with Crippen molar-refractivity contribution in [3.63, 3.8) is 0 Å². The van der Waals surface area contributed by atoms with Gasteiger partial charge in [-0.1, -0.05) is 0 Å². The maximum atomic E-state index is 4.49. The summed E-state index contributed by atoms with van der Waals surface area (Å²) in [4.78, 5) is 8.67. The lowest BCUT2D eigenvalue weighted by molar-refractivity contribution is 0.420. The molecule has 2 heterocycles. The van der Waals surface area contributed by atoms with Gasteiger partial charge in [-0.05, 0) is 26.8 Å². The third kappa shape index (κ3) is 3.35. The number of hydrogen-bond donors (Lipinski definition) is 1. The summed E-state index contributed by atoms with van der Waals surface area (Å²) in [5.74, 6) is 0.739. The second-order valence-electron chi connectivity index (χ2n) is 4.92. The van der Waals surface area contributed by atoms with Gasteiger partial charge in [0, 0.05) is 30.7 Å². The minimum atomic E-state index is 0.0728. The molecule has 1 N–H and O–H groups in total. The van der Waals surface area contributed by atoms with E-state index in [0.29, 0.717) is 6.54 Å². The zero-order valence-electron chi connectivity index (χ0n) is 10.4. The van der Waals surface area contributed by atoms with E-state index in [9.17, 15) is 0 Å². The van der Waals surface area contributed by atoms with E-state index in [2.05, 4.69) is 41.2 Å². The summed E-state index contributed by atoms with van der Waals surface area (Å²) in [6.45, 7) is 7.07. The molecule has 0 aliphatic heterocycles. The third-order valence-corrected chi connectivity index (χ3v) is 2.21. The molecule has 0 aliphatic carbocycles. The number of nitrogens with zero attached hydrogens (tertiary/aromatic N) is 4. The summed E-state index contributed by atoms with van der Waals surface area (Å²) in [6, 6.07) is 1.86. The van der Waals surface area contributed by atoms with Crippen LogP contribution < -0.4 is 5.32 Å². The second-order valence-corrected chi connectivity index (χ2v) is 4.92. The Morgan fingerprint density at radius 2 is 2.12 bits per heavy atom. The van der Waals surface area contributed by atoms with Gasteiger partial charge in [0.1, 0.15) is 0 Å². The van der Waals surface area contributed by atoms with Crippen LogP contribution in [-0.4, -0.2) is 25.3 Å². The topological polar surface area (TPSA) is 55.6 Å². The monoisotopic (exact) mass is 231 g/mol. The van der Waals surface area contributed by atoms with Crippen LogP contribution in [0.3, 0.4) is 0 Å². The molecule has 0 fully saturated rings. The molecule has 0 spiro atoms. The predicted molar refractivity (Wildman–Crippen MR) is 65.7 cm³/mol. The Labute approximate surface area is 101 Å². The lowest BCUT2D eigenvalue weighted by Gasteiger charge is -2.20. The van der Waals surface area contributed by atoms with Crippen LogP contribution in [0.15, 0.2) is 30.9 Å². The van der Waals surface area contributed by atoms with Crippen LogP contribution in [0, 0.1) is 0 Å². The number of hydrogen-bond acceptors (Lipinski definition) is 4. The smallest absolute Gasteiger partial charge is 0.172 e. The first-order valence-electron chi connectivity index (χ1n) is 5.60.